The van der Waals surface area contributed by atoms with E-state index in [9.17, 15) is 19.7 Å². The lowest BCUT2D eigenvalue weighted by molar-refractivity contribution is -0.385. The van der Waals surface area contributed by atoms with Crippen molar-refractivity contribution in [2.45, 2.75) is 25.8 Å². The van der Waals surface area contributed by atoms with Gasteiger partial charge in [-0.2, -0.15) is 0 Å². The number of nitrogens with two attached hydrogens (primary N) is 1. The highest BCUT2D eigenvalue weighted by atomic mass is 79.9. The highest BCUT2D eigenvalue weighted by molar-refractivity contribution is 9.10. The summed E-state index contributed by atoms with van der Waals surface area (Å²) in [7, 11) is 0. The minimum absolute atomic E-state index is 0.0364. The van der Waals surface area contributed by atoms with Gasteiger partial charge in [-0.1, -0.05) is 6.07 Å². The van der Waals surface area contributed by atoms with Gasteiger partial charge in [-0.15, -0.1) is 0 Å². The van der Waals surface area contributed by atoms with Crippen LogP contribution < -0.4 is 11.1 Å². The Morgan fingerprint density at radius 1 is 1.45 bits per heavy atom. The van der Waals surface area contributed by atoms with Gasteiger partial charge in [0.15, 0.2) is 0 Å². The smallest absolute Gasteiger partial charge is 0.284 e. The molecule has 0 aromatic heterocycles. The van der Waals surface area contributed by atoms with Crippen molar-refractivity contribution in [2.75, 3.05) is 0 Å². The third-order valence-corrected chi connectivity index (χ3v) is 3.32. The van der Waals surface area contributed by atoms with E-state index in [2.05, 4.69) is 21.2 Å². The molecule has 0 saturated carbocycles. The second kappa shape index (κ2) is 6.00. The summed E-state index contributed by atoms with van der Waals surface area (Å²) < 4.78 is 0.0948. The van der Waals surface area contributed by atoms with Crippen LogP contribution in [0.2, 0.25) is 0 Å². The van der Waals surface area contributed by atoms with Crippen LogP contribution in [0.15, 0.2) is 22.7 Å². The monoisotopic (exact) mass is 343 g/mol. The van der Waals surface area contributed by atoms with Gasteiger partial charge in [-0.3, -0.25) is 19.7 Å². The van der Waals surface area contributed by atoms with E-state index in [1.807, 2.05) is 0 Å². The van der Waals surface area contributed by atoms with Gasteiger partial charge in [0.2, 0.25) is 5.91 Å². The fourth-order valence-electron chi connectivity index (χ4n) is 1.69. The number of nitrogens with one attached hydrogen (secondary N) is 1. The maximum atomic E-state index is 12.1. The molecule has 0 fully saturated rings. The number of benzene rings is 1. The molecule has 0 saturated heterocycles. The fourth-order valence-corrected chi connectivity index (χ4v) is 2.28. The lowest BCUT2D eigenvalue weighted by Gasteiger charge is -2.24. The number of hydrogen-bond donors (Lipinski definition) is 2. The van der Waals surface area contributed by atoms with Crippen molar-refractivity contribution >= 4 is 33.4 Å². The molecular weight excluding hydrogens is 330 g/mol. The fraction of sp³-hybridized carbons (Fsp3) is 0.333. The minimum atomic E-state index is -0.840. The Morgan fingerprint density at radius 3 is 2.55 bits per heavy atom. The molecule has 0 aliphatic carbocycles. The van der Waals surface area contributed by atoms with Crippen molar-refractivity contribution in [3.05, 3.63) is 38.3 Å². The van der Waals surface area contributed by atoms with Crippen LogP contribution in [0.25, 0.3) is 0 Å². The van der Waals surface area contributed by atoms with Gasteiger partial charge in [-0.25, -0.2) is 0 Å². The van der Waals surface area contributed by atoms with Gasteiger partial charge in [0, 0.05) is 18.0 Å². The molecule has 0 bridgehead atoms. The summed E-state index contributed by atoms with van der Waals surface area (Å²) in [6.07, 6.45) is -0.0364. The first-order chi connectivity index (χ1) is 9.14. The van der Waals surface area contributed by atoms with E-state index in [-0.39, 0.29) is 22.1 Å². The Labute approximate surface area is 123 Å². The normalized spacial score (nSPS) is 10.9. The van der Waals surface area contributed by atoms with Crippen LogP contribution in [-0.4, -0.2) is 22.3 Å². The summed E-state index contributed by atoms with van der Waals surface area (Å²) in [4.78, 5) is 33.3. The molecule has 20 heavy (non-hydrogen) atoms. The van der Waals surface area contributed by atoms with E-state index < -0.39 is 22.3 Å². The molecule has 108 valence electrons. The number of nitro groups is 1. The molecule has 0 aliphatic heterocycles. The highest BCUT2D eigenvalue weighted by Gasteiger charge is 2.26. The second-order valence-electron chi connectivity index (χ2n) is 4.88. The molecule has 8 heteroatoms. The lowest BCUT2D eigenvalue weighted by atomic mass is 9.99. The molecule has 2 amide bonds. The number of hydrogen-bond acceptors (Lipinski definition) is 4. The van der Waals surface area contributed by atoms with E-state index in [4.69, 9.17) is 5.73 Å². The Morgan fingerprint density at radius 2 is 2.05 bits per heavy atom. The van der Waals surface area contributed by atoms with E-state index in [0.29, 0.717) is 0 Å². The molecule has 1 aromatic rings. The average Bonchev–Trinajstić information content (AvgIpc) is 2.25. The van der Waals surface area contributed by atoms with Crippen molar-refractivity contribution in [1.82, 2.24) is 5.32 Å². The number of nitrogens with zero attached hydrogens (tertiary/aromatic N) is 1. The lowest BCUT2D eigenvalue weighted by Crippen LogP contribution is -2.46. The maximum absolute atomic E-state index is 12.1. The van der Waals surface area contributed by atoms with Crippen molar-refractivity contribution in [3.63, 3.8) is 0 Å². The molecule has 0 radical (unpaired) electrons. The SMILES string of the molecule is CC(C)(CC(N)=O)NC(=O)c1cccc([N+](=O)[O-])c1Br. The molecule has 1 aromatic carbocycles. The number of carbonyl (C=O) groups is 2. The van der Waals surface area contributed by atoms with Crippen molar-refractivity contribution < 1.29 is 14.5 Å². The van der Waals surface area contributed by atoms with Crippen LogP contribution in [0, 0.1) is 10.1 Å². The van der Waals surface area contributed by atoms with Gasteiger partial charge in [0.25, 0.3) is 11.6 Å². The van der Waals surface area contributed by atoms with Crippen molar-refractivity contribution in [1.29, 1.82) is 0 Å². The van der Waals surface area contributed by atoms with Gasteiger partial charge in [-0.05, 0) is 35.8 Å². The van der Waals surface area contributed by atoms with Crippen LogP contribution >= 0.6 is 15.9 Å². The highest BCUT2D eigenvalue weighted by Crippen LogP contribution is 2.28. The molecular formula is C12H14BrN3O4. The van der Waals surface area contributed by atoms with Crippen LogP contribution in [0.4, 0.5) is 5.69 Å². The largest absolute Gasteiger partial charge is 0.370 e. The number of primary amides is 1. The van der Waals surface area contributed by atoms with Crippen LogP contribution in [-0.2, 0) is 4.79 Å². The van der Waals surface area contributed by atoms with Gasteiger partial charge < -0.3 is 11.1 Å². The van der Waals surface area contributed by atoms with Crippen molar-refractivity contribution in [2.24, 2.45) is 5.73 Å². The summed E-state index contributed by atoms with van der Waals surface area (Å²) >= 11 is 3.05. The van der Waals surface area contributed by atoms with E-state index >= 15 is 0 Å². The van der Waals surface area contributed by atoms with E-state index in [1.54, 1.807) is 13.8 Å². The Bertz CT molecular complexity index is 572. The third kappa shape index (κ3) is 4.02. The predicted molar refractivity (Wildman–Crippen MR) is 76.2 cm³/mol. The summed E-state index contributed by atoms with van der Waals surface area (Å²) in [5.41, 5.74) is 4.18. The Kier molecular flexibility index (Phi) is 4.83. The molecule has 0 atom stereocenters. The first kappa shape index (κ1) is 16.1. The molecule has 0 heterocycles. The molecule has 0 spiro atoms. The molecule has 3 N–H and O–H groups in total. The van der Waals surface area contributed by atoms with Crippen LogP contribution in [0.3, 0.4) is 0 Å². The number of carbonyl (C=O) groups excluding carboxylic acids is 2. The first-order valence-corrected chi connectivity index (χ1v) is 6.47. The Hall–Kier alpha value is -1.96. The Balaban J connectivity index is 3.02. The zero-order valence-corrected chi connectivity index (χ0v) is 12.6. The predicted octanol–water partition coefficient (Wildman–Crippen LogP) is 1.74. The van der Waals surface area contributed by atoms with Crippen LogP contribution in [0.5, 0.6) is 0 Å². The molecule has 0 unspecified atom stereocenters. The summed E-state index contributed by atoms with van der Waals surface area (Å²) in [6.45, 7) is 3.28. The van der Waals surface area contributed by atoms with E-state index in [1.165, 1.54) is 18.2 Å². The number of nitro benzene ring substituents is 1. The van der Waals surface area contributed by atoms with Gasteiger partial charge in [0.05, 0.1) is 10.5 Å². The average molecular weight is 344 g/mol. The summed E-state index contributed by atoms with van der Waals surface area (Å²) in [5, 5.41) is 13.4. The zero-order valence-electron chi connectivity index (χ0n) is 11.0. The minimum Gasteiger partial charge on any atom is -0.370 e. The summed E-state index contributed by atoms with van der Waals surface area (Å²) in [5.74, 6) is -1.07. The second-order valence-corrected chi connectivity index (χ2v) is 5.67. The zero-order chi connectivity index (χ0) is 15.5. The third-order valence-electron chi connectivity index (χ3n) is 2.49. The molecule has 1 rings (SSSR count). The molecule has 0 aliphatic rings. The summed E-state index contributed by atoms with van der Waals surface area (Å²) in [6, 6.07) is 4.15. The quantitative estimate of drug-likeness (QED) is 0.625. The topological polar surface area (TPSA) is 115 Å². The standard InChI is InChI=1S/C12H14BrN3O4/c1-12(2,6-9(14)17)15-11(18)7-4-3-5-8(10(7)13)16(19)20/h3-5H,6H2,1-2H3,(H2,14,17)(H,15,18). The van der Waals surface area contributed by atoms with Gasteiger partial charge in [0.1, 0.15) is 4.47 Å². The molecule has 7 nitrogen and oxygen atoms in total. The first-order valence-electron chi connectivity index (χ1n) is 5.68. The maximum Gasteiger partial charge on any atom is 0.284 e. The van der Waals surface area contributed by atoms with Gasteiger partial charge >= 0.3 is 0 Å². The van der Waals surface area contributed by atoms with Crippen molar-refractivity contribution in [3.8, 4) is 0 Å². The number of rotatable bonds is 5. The number of amides is 2. The van der Waals surface area contributed by atoms with Crippen LogP contribution in [0.1, 0.15) is 30.6 Å². The van der Waals surface area contributed by atoms with E-state index in [0.717, 1.165) is 0 Å². The number of halogens is 1.